The standard InChI is InChI=1S/C25H16BCl3FN7/c26-25(20-12-33-37-36-20,14-4-2-1-3-5-14)35-15-8-16-23(13(10-31)11-32-24(16)18(28)9-15)34-19-7-6-17(27)21(29)22(19)30/h1-9,11-12,35H,26H2,(H,32,34)(H,33,36,37). The Morgan fingerprint density at radius 2 is 1.84 bits per heavy atom. The second kappa shape index (κ2) is 9.90. The Bertz CT molecular complexity index is 1660. The molecule has 2 aromatic heterocycles. The van der Waals surface area contributed by atoms with Crippen molar-refractivity contribution in [3.05, 3.63) is 105 Å². The van der Waals surface area contributed by atoms with Gasteiger partial charge < -0.3 is 10.6 Å². The fourth-order valence-corrected chi connectivity index (χ4v) is 4.68. The van der Waals surface area contributed by atoms with Gasteiger partial charge in [0.1, 0.15) is 19.6 Å². The highest BCUT2D eigenvalue weighted by Crippen LogP contribution is 2.39. The van der Waals surface area contributed by atoms with Crippen molar-refractivity contribution in [1.82, 2.24) is 20.4 Å². The van der Waals surface area contributed by atoms with E-state index in [1.165, 1.54) is 18.3 Å². The first-order chi connectivity index (χ1) is 17.8. The van der Waals surface area contributed by atoms with Gasteiger partial charge in [0.25, 0.3) is 0 Å². The van der Waals surface area contributed by atoms with E-state index in [0.717, 1.165) is 5.56 Å². The molecule has 3 aromatic carbocycles. The molecule has 0 aliphatic heterocycles. The number of H-pyrrole nitrogens is 1. The second-order valence-corrected chi connectivity index (χ2v) is 9.53. The third-order valence-corrected chi connectivity index (χ3v) is 7.08. The van der Waals surface area contributed by atoms with Crippen molar-refractivity contribution >= 4 is 70.6 Å². The molecule has 0 amide bonds. The highest BCUT2D eigenvalue weighted by molar-refractivity contribution is 6.42. The van der Waals surface area contributed by atoms with E-state index in [-0.39, 0.29) is 21.3 Å². The molecule has 37 heavy (non-hydrogen) atoms. The molecular weight excluding hydrogens is 534 g/mol. The van der Waals surface area contributed by atoms with E-state index in [2.05, 4.69) is 37.1 Å². The average Bonchev–Trinajstić information content (AvgIpc) is 3.46. The van der Waals surface area contributed by atoms with Crippen LogP contribution in [-0.2, 0) is 5.44 Å². The van der Waals surface area contributed by atoms with Gasteiger partial charge in [0.05, 0.1) is 43.0 Å². The monoisotopic (exact) mass is 549 g/mol. The number of hydrogen-bond acceptors (Lipinski definition) is 6. The van der Waals surface area contributed by atoms with Crippen molar-refractivity contribution in [3.63, 3.8) is 0 Å². The Balaban J connectivity index is 1.67. The highest BCUT2D eigenvalue weighted by atomic mass is 35.5. The zero-order valence-corrected chi connectivity index (χ0v) is 21.4. The topological polar surface area (TPSA) is 102 Å². The lowest BCUT2D eigenvalue weighted by Crippen LogP contribution is -2.37. The minimum atomic E-state index is -0.797. The zero-order valence-electron chi connectivity index (χ0n) is 19.2. The first-order valence-electron chi connectivity index (χ1n) is 11.0. The maximum atomic E-state index is 14.9. The summed E-state index contributed by atoms with van der Waals surface area (Å²) < 4.78 is 14.9. The summed E-state index contributed by atoms with van der Waals surface area (Å²) in [7, 11) is 1.96. The number of nitrogens with zero attached hydrogens (tertiary/aromatic N) is 4. The minimum Gasteiger partial charge on any atom is -0.378 e. The summed E-state index contributed by atoms with van der Waals surface area (Å²) in [5, 5.41) is 27.8. The normalized spacial score (nSPS) is 12.6. The molecule has 0 aliphatic carbocycles. The zero-order chi connectivity index (χ0) is 26.2. The van der Waals surface area contributed by atoms with E-state index >= 15 is 0 Å². The van der Waals surface area contributed by atoms with Crippen molar-refractivity contribution in [1.29, 1.82) is 5.26 Å². The Hall–Kier alpha value is -3.84. The summed E-state index contributed by atoms with van der Waals surface area (Å²) in [6, 6.07) is 18.3. The third kappa shape index (κ3) is 4.55. The number of hydrogen-bond donors (Lipinski definition) is 3. The fraction of sp³-hybridized carbons (Fsp3) is 0.0400. The summed E-state index contributed by atoms with van der Waals surface area (Å²) in [6.45, 7) is 0. The van der Waals surface area contributed by atoms with E-state index in [9.17, 15) is 9.65 Å². The molecule has 0 bridgehead atoms. The van der Waals surface area contributed by atoms with Crippen LogP contribution < -0.4 is 10.6 Å². The summed E-state index contributed by atoms with van der Waals surface area (Å²) in [5.41, 5.74) is 2.37. The molecule has 1 atom stereocenters. The molecule has 2 heterocycles. The van der Waals surface area contributed by atoms with Gasteiger partial charge in [-0.2, -0.15) is 5.26 Å². The molecule has 12 heteroatoms. The minimum absolute atomic E-state index is 0.0459. The van der Waals surface area contributed by atoms with Gasteiger partial charge in [0, 0.05) is 23.5 Å². The lowest BCUT2D eigenvalue weighted by Gasteiger charge is -2.31. The van der Waals surface area contributed by atoms with Gasteiger partial charge in [0.15, 0.2) is 5.82 Å². The van der Waals surface area contributed by atoms with Crippen LogP contribution in [0.1, 0.15) is 16.8 Å². The molecular formula is C25H16BCl3FN7. The van der Waals surface area contributed by atoms with Gasteiger partial charge in [-0.25, -0.2) is 4.39 Å². The van der Waals surface area contributed by atoms with E-state index < -0.39 is 11.3 Å². The van der Waals surface area contributed by atoms with Crippen LogP contribution in [0.4, 0.5) is 21.5 Å². The van der Waals surface area contributed by atoms with Crippen LogP contribution in [0, 0.1) is 17.1 Å². The van der Waals surface area contributed by atoms with Gasteiger partial charge in [-0.15, -0.1) is 5.10 Å². The highest BCUT2D eigenvalue weighted by Gasteiger charge is 2.31. The van der Waals surface area contributed by atoms with E-state index in [1.807, 2.05) is 38.2 Å². The molecule has 3 N–H and O–H groups in total. The quantitative estimate of drug-likeness (QED) is 0.177. The Morgan fingerprint density at radius 1 is 1.05 bits per heavy atom. The molecule has 0 radical (unpaired) electrons. The van der Waals surface area contributed by atoms with E-state index in [1.54, 1.807) is 18.3 Å². The van der Waals surface area contributed by atoms with E-state index in [0.29, 0.717) is 33.0 Å². The van der Waals surface area contributed by atoms with Crippen LogP contribution in [0.25, 0.3) is 10.9 Å². The number of nitriles is 1. The number of halogens is 4. The number of nitrogens with one attached hydrogen (secondary N) is 3. The predicted molar refractivity (Wildman–Crippen MR) is 147 cm³/mol. The van der Waals surface area contributed by atoms with Crippen LogP contribution in [0.15, 0.2) is 67.0 Å². The number of aromatic amines is 1. The second-order valence-electron chi connectivity index (χ2n) is 8.34. The van der Waals surface area contributed by atoms with Gasteiger partial charge in [-0.05, 0) is 29.8 Å². The molecule has 5 aromatic rings. The molecule has 0 spiro atoms. The smallest absolute Gasteiger partial charge is 0.166 e. The largest absolute Gasteiger partial charge is 0.378 e. The maximum absolute atomic E-state index is 14.9. The third-order valence-electron chi connectivity index (χ3n) is 6.01. The van der Waals surface area contributed by atoms with Crippen molar-refractivity contribution in [2.24, 2.45) is 0 Å². The number of benzene rings is 3. The lowest BCUT2D eigenvalue weighted by atomic mass is 9.69. The molecule has 0 fully saturated rings. The molecule has 0 saturated heterocycles. The Morgan fingerprint density at radius 3 is 2.54 bits per heavy atom. The number of aromatic nitrogens is 4. The number of fused-ring (bicyclic) bond motifs is 1. The van der Waals surface area contributed by atoms with Crippen molar-refractivity contribution in [3.8, 4) is 6.07 Å². The van der Waals surface area contributed by atoms with Crippen LogP contribution in [0.5, 0.6) is 0 Å². The van der Waals surface area contributed by atoms with Crippen LogP contribution >= 0.6 is 34.8 Å². The summed E-state index contributed by atoms with van der Waals surface area (Å²) in [4.78, 5) is 4.36. The Labute approximate surface area is 227 Å². The van der Waals surface area contributed by atoms with Gasteiger partial charge in [0.2, 0.25) is 0 Å². The van der Waals surface area contributed by atoms with Crippen LogP contribution in [-0.4, -0.2) is 28.2 Å². The SMILES string of the molecule is BC(Nc1cc(Cl)c2ncc(C#N)c(Nc3ccc(Cl)c(Cl)c3F)c2c1)(c1ccccc1)c1c[nH]nn1. The first-order valence-corrected chi connectivity index (χ1v) is 12.1. The molecule has 7 nitrogen and oxygen atoms in total. The molecule has 0 saturated carbocycles. The maximum Gasteiger partial charge on any atom is 0.166 e. The molecule has 5 rings (SSSR count). The summed E-state index contributed by atoms with van der Waals surface area (Å²) in [6.07, 6.45) is 3.08. The van der Waals surface area contributed by atoms with Crippen molar-refractivity contribution in [2.75, 3.05) is 10.6 Å². The van der Waals surface area contributed by atoms with Gasteiger partial charge in [-0.3, -0.25) is 10.1 Å². The number of anilines is 3. The van der Waals surface area contributed by atoms with Gasteiger partial charge in [-0.1, -0.05) is 70.3 Å². The van der Waals surface area contributed by atoms with Crippen LogP contribution in [0.2, 0.25) is 15.1 Å². The average molecular weight is 551 g/mol. The first kappa shape index (κ1) is 24.8. The molecule has 182 valence electrons. The fourth-order valence-electron chi connectivity index (χ4n) is 4.10. The van der Waals surface area contributed by atoms with Crippen LogP contribution in [0.3, 0.4) is 0 Å². The summed E-state index contributed by atoms with van der Waals surface area (Å²) >= 11 is 18.6. The van der Waals surface area contributed by atoms with Gasteiger partial charge >= 0.3 is 0 Å². The van der Waals surface area contributed by atoms with Crippen molar-refractivity contribution < 1.29 is 4.39 Å². The molecule has 0 aliphatic rings. The number of rotatable bonds is 6. The Kier molecular flexibility index (Phi) is 6.65. The predicted octanol–water partition coefficient (Wildman–Crippen LogP) is 6.01. The number of pyridine rings is 1. The van der Waals surface area contributed by atoms with E-state index in [4.69, 9.17) is 34.8 Å². The summed E-state index contributed by atoms with van der Waals surface area (Å²) in [5.74, 6) is -0.744. The lowest BCUT2D eigenvalue weighted by molar-refractivity contribution is 0.632. The molecule has 1 unspecified atom stereocenters. The van der Waals surface area contributed by atoms with Crippen molar-refractivity contribution in [2.45, 2.75) is 5.44 Å².